The van der Waals surface area contributed by atoms with E-state index in [2.05, 4.69) is 38.0 Å². The van der Waals surface area contributed by atoms with E-state index in [0.29, 0.717) is 6.54 Å². The maximum Gasteiger partial charge on any atom is 0.243 e. The van der Waals surface area contributed by atoms with Gasteiger partial charge in [0.05, 0.1) is 0 Å². The Morgan fingerprint density at radius 3 is 2.36 bits per heavy atom. The monoisotopic (exact) mass is 264 g/mol. The maximum absolute atomic E-state index is 10.7. The summed E-state index contributed by atoms with van der Waals surface area (Å²) in [5, 5.41) is 6.06. The van der Waals surface area contributed by atoms with Gasteiger partial charge in [0.1, 0.15) is 0 Å². The third-order valence-corrected chi connectivity index (χ3v) is 1.49. The molecule has 0 radical (unpaired) electrons. The molecule has 2 N–H and O–H groups in total. The van der Waals surface area contributed by atoms with Crippen LogP contribution in [0.4, 0.5) is 0 Å². The molecule has 0 aromatic carbocycles. The van der Waals surface area contributed by atoms with Crippen LogP contribution in [0.15, 0.2) is 12.7 Å². The highest BCUT2D eigenvalue weighted by atomic mass is 79.9. The second-order valence-electron chi connectivity index (χ2n) is 4.03. The van der Waals surface area contributed by atoms with Crippen molar-refractivity contribution in [2.24, 2.45) is 0 Å². The van der Waals surface area contributed by atoms with Crippen molar-refractivity contribution in [1.29, 1.82) is 0 Å². The highest BCUT2D eigenvalue weighted by Gasteiger charge is 2.06. The predicted octanol–water partition coefficient (Wildman–Crippen LogP) is 1.64. The number of carbonyl (C=O) groups is 1. The smallest absolute Gasteiger partial charge is 0.243 e. The minimum absolute atomic E-state index is 0. The van der Waals surface area contributed by atoms with E-state index < -0.39 is 0 Å². The van der Waals surface area contributed by atoms with Crippen molar-refractivity contribution in [2.75, 3.05) is 13.1 Å². The van der Waals surface area contributed by atoms with Gasteiger partial charge in [-0.3, -0.25) is 4.79 Å². The molecule has 0 aliphatic carbocycles. The second kappa shape index (κ2) is 8.00. The minimum Gasteiger partial charge on any atom is -0.353 e. The highest BCUT2D eigenvalue weighted by Crippen LogP contribution is 1.97. The Labute approximate surface area is 97.1 Å². The Morgan fingerprint density at radius 2 is 1.93 bits per heavy atom. The summed E-state index contributed by atoms with van der Waals surface area (Å²) in [6, 6.07) is 0. The third kappa shape index (κ3) is 11.6. The second-order valence-corrected chi connectivity index (χ2v) is 4.03. The van der Waals surface area contributed by atoms with Gasteiger partial charge in [-0.05, 0) is 39.8 Å². The molecule has 0 saturated heterocycles. The highest BCUT2D eigenvalue weighted by molar-refractivity contribution is 8.93. The molecule has 0 bridgehead atoms. The summed E-state index contributed by atoms with van der Waals surface area (Å²) in [6.07, 6.45) is 2.23. The SMILES string of the molecule is Br.C=CC(=O)NCCCNC(C)(C)C. The molecule has 0 fully saturated rings. The summed E-state index contributed by atoms with van der Waals surface area (Å²) < 4.78 is 0. The molecule has 0 unspecified atom stereocenters. The van der Waals surface area contributed by atoms with Crippen LogP contribution in [0.1, 0.15) is 27.2 Å². The third-order valence-electron chi connectivity index (χ3n) is 1.49. The number of hydrogen-bond donors (Lipinski definition) is 2. The zero-order valence-electron chi connectivity index (χ0n) is 9.22. The van der Waals surface area contributed by atoms with Gasteiger partial charge in [0, 0.05) is 12.1 Å². The molecule has 14 heavy (non-hydrogen) atoms. The van der Waals surface area contributed by atoms with Gasteiger partial charge in [-0.15, -0.1) is 17.0 Å². The van der Waals surface area contributed by atoms with Crippen molar-refractivity contribution >= 4 is 22.9 Å². The molecule has 0 saturated carbocycles. The lowest BCUT2D eigenvalue weighted by molar-refractivity contribution is -0.116. The minimum atomic E-state index is -0.101. The first-order valence-electron chi connectivity index (χ1n) is 4.61. The van der Waals surface area contributed by atoms with E-state index in [4.69, 9.17) is 0 Å². The number of nitrogens with one attached hydrogen (secondary N) is 2. The molecule has 3 nitrogen and oxygen atoms in total. The van der Waals surface area contributed by atoms with Gasteiger partial charge in [-0.25, -0.2) is 0 Å². The molecular weight excluding hydrogens is 244 g/mol. The van der Waals surface area contributed by atoms with Crippen molar-refractivity contribution in [1.82, 2.24) is 10.6 Å². The topological polar surface area (TPSA) is 41.1 Å². The van der Waals surface area contributed by atoms with E-state index >= 15 is 0 Å². The number of halogens is 1. The van der Waals surface area contributed by atoms with E-state index in [1.54, 1.807) is 0 Å². The fourth-order valence-electron chi connectivity index (χ4n) is 0.836. The summed E-state index contributed by atoms with van der Waals surface area (Å²) in [6.45, 7) is 11.4. The summed E-state index contributed by atoms with van der Waals surface area (Å²) in [7, 11) is 0. The van der Waals surface area contributed by atoms with E-state index in [0.717, 1.165) is 13.0 Å². The van der Waals surface area contributed by atoms with Gasteiger partial charge < -0.3 is 10.6 Å². The van der Waals surface area contributed by atoms with Crippen molar-refractivity contribution < 1.29 is 4.79 Å². The van der Waals surface area contributed by atoms with Crippen molar-refractivity contribution in [2.45, 2.75) is 32.7 Å². The average Bonchev–Trinajstić information content (AvgIpc) is 2.01. The van der Waals surface area contributed by atoms with E-state index in [1.807, 2.05) is 0 Å². The molecule has 4 heteroatoms. The Bertz CT molecular complexity index is 175. The molecule has 0 atom stereocenters. The van der Waals surface area contributed by atoms with E-state index in [1.165, 1.54) is 6.08 Å². The summed E-state index contributed by atoms with van der Waals surface area (Å²) in [4.78, 5) is 10.7. The first kappa shape index (κ1) is 16.1. The Balaban J connectivity index is 0. The molecule has 84 valence electrons. The Hall–Kier alpha value is -0.350. The van der Waals surface area contributed by atoms with E-state index in [9.17, 15) is 4.79 Å². The Morgan fingerprint density at radius 1 is 1.36 bits per heavy atom. The molecule has 0 heterocycles. The van der Waals surface area contributed by atoms with Crippen molar-refractivity contribution in [3.05, 3.63) is 12.7 Å². The zero-order chi connectivity index (χ0) is 10.3. The van der Waals surface area contributed by atoms with Gasteiger partial charge in [-0.2, -0.15) is 0 Å². The van der Waals surface area contributed by atoms with Gasteiger partial charge in [0.25, 0.3) is 0 Å². The average molecular weight is 265 g/mol. The standard InChI is InChI=1S/C10H20N2O.BrH/c1-5-9(13)11-7-6-8-12-10(2,3)4;/h5,12H,1,6-8H2,2-4H3,(H,11,13);1H. The molecule has 0 spiro atoms. The van der Waals surface area contributed by atoms with Gasteiger partial charge in [-0.1, -0.05) is 6.58 Å². The van der Waals surface area contributed by atoms with Crippen LogP contribution in [0.5, 0.6) is 0 Å². The maximum atomic E-state index is 10.7. The van der Waals surface area contributed by atoms with Crippen LogP contribution in [0, 0.1) is 0 Å². The lowest BCUT2D eigenvalue weighted by Gasteiger charge is -2.20. The van der Waals surface area contributed by atoms with Crippen LogP contribution in [0.2, 0.25) is 0 Å². The quantitative estimate of drug-likeness (QED) is 0.586. The first-order chi connectivity index (χ1) is 5.95. The van der Waals surface area contributed by atoms with Crippen LogP contribution in [0.25, 0.3) is 0 Å². The van der Waals surface area contributed by atoms with Gasteiger partial charge in [0.2, 0.25) is 5.91 Å². The lowest BCUT2D eigenvalue weighted by Crippen LogP contribution is -2.37. The number of amides is 1. The fourth-order valence-corrected chi connectivity index (χ4v) is 0.836. The van der Waals surface area contributed by atoms with Crippen molar-refractivity contribution in [3.8, 4) is 0 Å². The first-order valence-corrected chi connectivity index (χ1v) is 4.61. The van der Waals surface area contributed by atoms with Crippen LogP contribution in [0.3, 0.4) is 0 Å². The molecule has 0 aliphatic rings. The molecule has 0 aromatic rings. The molecular formula is C10H21BrN2O. The molecule has 0 rings (SSSR count). The van der Waals surface area contributed by atoms with Crippen LogP contribution in [-0.2, 0) is 4.79 Å². The number of rotatable bonds is 5. The van der Waals surface area contributed by atoms with Crippen molar-refractivity contribution in [3.63, 3.8) is 0 Å². The van der Waals surface area contributed by atoms with Crippen LogP contribution < -0.4 is 10.6 Å². The largest absolute Gasteiger partial charge is 0.353 e. The predicted molar refractivity (Wildman–Crippen MR) is 65.9 cm³/mol. The van der Waals surface area contributed by atoms with Crippen LogP contribution in [-0.4, -0.2) is 24.5 Å². The summed E-state index contributed by atoms with van der Waals surface area (Å²) in [5.74, 6) is -0.101. The summed E-state index contributed by atoms with van der Waals surface area (Å²) >= 11 is 0. The molecule has 0 aliphatic heterocycles. The summed E-state index contributed by atoms with van der Waals surface area (Å²) in [5.41, 5.74) is 0.155. The van der Waals surface area contributed by atoms with Crippen LogP contribution >= 0.6 is 17.0 Å². The normalized spacial score (nSPS) is 10.2. The number of hydrogen-bond acceptors (Lipinski definition) is 2. The van der Waals surface area contributed by atoms with E-state index in [-0.39, 0.29) is 28.4 Å². The Kier molecular flexibility index (Phi) is 9.20. The molecule has 0 aromatic heterocycles. The fraction of sp³-hybridized carbons (Fsp3) is 0.700. The van der Waals surface area contributed by atoms with Gasteiger partial charge in [0.15, 0.2) is 0 Å². The lowest BCUT2D eigenvalue weighted by atomic mass is 10.1. The zero-order valence-corrected chi connectivity index (χ0v) is 10.9. The molecule has 1 amide bonds. The number of carbonyl (C=O) groups excluding carboxylic acids is 1. The van der Waals surface area contributed by atoms with Gasteiger partial charge >= 0.3 is 0 Å².